The molecule has 6 nitrogen and oxygen atoms in total. The van der Waals surface area contributed by atoms with Gasteiger partial charge in [-0.1, -0.05) is 24.4 Å². The van der Waals surface area contributed by atoms with E-state index in [1.54, 1.807) is 0 Å². The molecule has 0 aliphatic heterocycles. The Morgan fingerprint density at radius 2 is 2.00 bits per heavy atom. The predicted molar refractivity (Wildman–Crippen MR) is 86.7 cm³/mol. The molecule has 126 valence electrons. The third-order valence-electron chi connectivity index (χ3n) is 4.39. The van der Waals surface area contributed by atoms with Crippen LogP contribution in [-0.4, -0.2) is 22.6 Å². The summed E-state index contributed by atoms with van der Waals surface area (Å²) in [6, 6.07) is 0. The second-order valence-corrected chi connectivity index (χ2v) is 6.76. The molecule has 0 spiro atoms. The van der Waals surface area contributed by atoms with Gasteiger partial charge in [0.05, 0.1) is 5.54 Å². The molecule has 0 atom stereocenters. The van der Waals surface area contributed by atoms with Crippen LogP contribution in [0.4, 0.5) is 0 Å². The van der Waals surface area contributed by atoms with E-state index in [-0.39, 0.29) is 23.7 Å². The van der Waals surface area contributed by atoms with Crippen molar-refractivity contribution in [2.75, 3.05) is 6.54 Å². The minimum Gasteiger partial charge on any atom is -0.344 e. The maximum atomic E-state index is 11.2. The molecule has 0 saturated heterocycles. The molecule has 1 aromatic rings. The molecule has 1 aliphatic rings. The molecule has 2 rings (SSSR count). The van der Waals surface area contributed by atoms with Gasteiger partial charge in [0.1, 0.15) is 0 Å². The molecule has 0 radical (unpaired) electrons. The number of hydrogen-bond donors (Lipinski definition) is 2. The van der Waals surface area contributed by atoms with Crippen LogP contribution in [0, 0.1) is 5.41 Å². The van der Waals surface area contributed by atoms with E-state index in [9.17, 15) is 4.79 Å². The average Bonchev–Trinajstić information content (AvgIpc) is 2.87. The van der Waals surface area contributed by atoms with E-state index in [0.717, 1.165) is 19.3 Å². The molecular weight excluding hydrogens is 304 g/mol. The summed E-state index contributed by atoms with van der Waals surface area (Å²) in [7, 11) is 0. The first-order valence-electron chi connectivity index (χ1n) is 7.69. The van der Waals surface area contributed by atoms with Gasteiger partial charge in [0.25, 0.3) is 0 Å². The van der Waals surface area contributed by atoms with Crippen LogP contribution in [0.2, 0.25) is 0 Å². The lowest BCUT2D eigenvalue weighted by molar-refractivity contribution is -0.120. The number of rotatable bonds is 5. The monoisotopic (exact) mass is 330 g/mol. The summed E-state index contributed by atoms with van der Waals surface area (Å²) in [5.74, 6) is 1.02. The Morgan fingerprint density at radius 1 is 1.36 bits per heavy atom. The van der Waals surface area contributed by atoms with Crippen molar-refractivity contribution in [3.05, 3.63) is 11.7 Å². The summed E-state index contributed by atoms with van der Waals surface area (Å²) in [4.78, 5) is 15.7. The van der Waals surface area contributed by atoms with Crippen molar-refractivity contribution in [3.8, 4) is 0 Å². The van der Waals surface area contributed by atoms with E-state index < -0.39 is 5.54 Å². The third-order valence-corrected chi connectivity index (χ3v) is 4.39. The number of amides is 1. The molecule has 3 N–H and O–H groups in total. The summed E-state index contributed by atoms with van der Waals surface area (Å²) in [5.41, 5.74) is 5.47. The minimum atomic E-state index is -0.629. The van der Waals surface area contributed by atoms with Crippen LogP contribution < -0.4 is 11.1 Å². The van der Waals surface area contributed by atoms with E-state index in [1.165, 1.54) is 26.2 Å². The Labute approximate surface area is 138 Å². The van der Waals surface area contributed by atoms with Crippen molar-refractivity contribution < 1.29 is 9.32 Å². The van der Waals surface area contributed by atoms with Crippen LogP contribution in [0.5, 0.6) is 0 Å². The van der Waals surface area contributed by atoms with E-state index >= 15 is 0 Å². The first-order valence-corrected chi connectivity index (χ1v) is 7.69. The van der Waals surface area contributed by atoms with E-state index in [4.69, 9.17) is 10.3 Å². The number of nitrogens with two attached hydrogens (primary N) is 1. The van der Waals surface area contributed by atoms with Crippen molar-refractivity contribution >= 4 is 18.3 Å². The molecule has 0 aromatic carbocycles. The molecule has 7 heteroatoms. The standard InChI is InChI=1S/C15H26N4O2.ClH/c1-11(20)18-14(2,3)13-17-12(21-19-13)9-15(10-16)7-5-4-6-8-15;/h4-10,16H2,1-3H3,(H,18,20);1H. The third kappa shape index (κ3) is 4.43. The van der Waals surface area contributed by atoms with Gasteiger partial charge >= 0.3 is 0 Å². The Morgan fingerprint density at radius 3 is 2.55 bits per heavy atom. The molecule has 1 heterocycles. The second kappa shape index (κ2) is 7.42. The highest BCUT2D eigenvalue weighted by atomic mass is 35.5. The zero-order valence-corrected chi connectivity index (χ0v) is 14.5. The van der Waals surface area contributed by atoms with Crippen molar-refractivity contribution in [1.82, 2.24) is 15.5 Å². The van der Waals surface area contributed by atoms with Crippen LogP contribution in [0.1, 0.15) is 64.6 Å². The van der Waals surface area contributed by atoms with Gasteiger partial charge < -0.3 is 15.6 Å². The number of nitrogens with one attached hydrogen (secondary N) is 1. The van der Waals surface area contributed by atoms with Crippen LogP contribution in [0.3, 0.4) is 0 Å². The summed E-state index contributed by atoms with van der Waals surface area (Å²) in [6.45, 7) is 5.86. The molecule has 0 bridgehead atoms. The van der Waals surface area contributed by atoms with Gasteiger partial charge in [-0.25, -0.2) is 0 Å². The van der Waals surface area contributed by atoms with Crippen molar-refractivity contribution in [2.45, 2.75) is 64.8 Å². The van der Waals surface area contributed by atoms with Gasteiger partial charge in [-0.3, -0.25) is 4.79 Å². The molecular formula is C15H27ClN4O2. The van der Waals surface area contributed by atoms with Crippen molar-refractivity contribution in [1.29, 1.82) is 0 Å². The summed E-state index contributed by atoms with van der Waals surface area (Å²) in [5, 5.41) is 6.86. The number of nitrogens with zero attached hydrogens (tertiary/aromatic N) is 2. The first-order chi connectivity index (χ1) is 9.87. The van der Waals surface area contributed by atoms with Crippen LogP contribution in [0.15, 0.2) is 4.52 Å². The lowest BCUT2D eigenvalue weighted by atomic mass is 9.72. The highest BCUT2D eigenvalue weighted by molar-refractivity contribution is 5.85. The fourth-order valence-electron chi connectivity index (χ4n) is 3.15. The molecule has 1 amide bonds. The van der Waals surface area contributed by atoms with Gasteiger partial charge in [0, 0.05) is 13.3 Å². The lowest BCUT2D eigenvalue weighted by Crippen LogP contribution is -2.40. The number of hydrogen-bond acceptors (Lipinski definition) is 5. The fourth-order valence-corrected chi connectivity index (χ4v) is 3.15. The number of carbonyl (C=O) groups is 1. The van der Waals surface area contributed by atoms with Crippen molar-refractivity contribution in [3.63, 3.8) is 0 Å². The number of halogens is 1. The quantitative estimate of drug-likeness (QED) is 0.864. The summed E-state index contributed by atoms with van der Waals surface area (Å²) >= 11 is 0. The molecule has 1 aromatic heterocycles. The van der Waals surface area contributed by atoms with Crippen LogP contribution in [0.25, 0.3) is 0 Å². The zero-order chi connectivity index (χ0) is 15.5. The maximum absolute atomic E-state index is 11.2. The van der Waals surface area contributed by atoms with E-state index in [0.29, 0.717) is 18.3 Å². The highest BCUT2D eigenvalue weighted by Crippen LogP contribution is 2.38. The van der Waals surface area contributed by atoms with Gasteiger partial charge in [-0.05, 0) is 38.6 Å². The number of carbonyl (C=O) groups excluding carboxylic acids is 1. The van der Waals surface area contributed by atoms with Crippen LogP contribution >= 0.6 is 12.4 Å². The SMILES string of the molecule is CC(=O)NC(C)(C)c1noc(CC2(CN)CCCCC2)n1.Cl. The van der Waals surface area contributed by atoms with Gasteiger partial charge in [0.15, 0.2) is 5.82 Å². The molecule has 0 unspecified atom stereocenters. The highest BCUT2D eigenvalue weighted by Gasteiger charge is 2.34. The topological polar surface area (TPSA) is 94.0 Å². The molecule has 1 aliphatic carbocycles. The van der Waals surface area contributed by atoms with E-state index in [1.807, 2.05) is 13.8 Å². The first kappa shape index (κ1) is 18.9. The average molecular weight is 331 g/mol. The Balaban J connectivity index is 0.00000242. The zero-order valence-electron chi connectivity index (χ0n) is 13.6. The van der Waals surface area contributed by atoms with Crippen LogP contribution in [-0.2, 0) is 16.8 Å². The van der Waals surface area contributed by atoms with Gasteiger partial charge in [0.2, 0.25) is 11.8 Å². The summed E-state index contributed by atoms with van der Waals surface area (Å²) < 4.78 is 5.39. The molecule has 1 saturated carbocycles. The molecule has 22 heavy (non-hydrogen) atoms. The molecule has 1 fully saturated rings. The minimum absolute atomic E-state index is 0. The smallest absolute Gasteiger partial charge is 0.227 e. The number of aromatic nitrogens is 2. The van der Waals surface area contributed by atoms with Gasteiger partial charge in [-0.2, -0.15) is 4.98 Å². The Kier molecular flexibility index (Phi) is 6.38. The maximum Gasteiger partial charge on any atom is 0.227 e. The van der Waals surface area contributed by atoms with E-state index in [2.05, 4.69) is 15.5 Å². The second-order valence-electron chi connectivity index (χ2n) is 6.76. The Bertz CT molecular complexity index is 495. The Hall–Kier alpha value is -1.14. The summed E-state index contributed by atoms with van der Waals surface area (Å²) in [6.07, 6.45) is 6.69. The largest absolute Gasteiger partial charge is 0.344 e. The normalized spacial score (nSPS) is 17.6. The lowest BCUT2D eigenvalue weighted by Gasteiger charge is -2.35. The van der Waals surface area contributed by atoms with Gasteiger partial charge in [-0.15, -0.1) is 12.4 Å². The fraction of sp³-hybridized carbons (Fsp3) is 0.800. The van der Waals surface area contributed by atoms with Crippen molar-refractivity contribution in [2.24, 2.45) is 11.1 Å². The predicted octanol–water partition coefficient (Wildman–Crippen LogP) is 2.31.